The molecule has 3 N–H and O–H groups in total. The van der Waals surface area contributed by atoms with E-state index < -0.39 is 30.4 Å². The van der Waals surface area contributed by atoms with Crippen molar-refractivity contribution in [2.24, 2.45) is 0 Å². The highest BCUT2D eigenvalue weighted by Gasteiger charge is 2.29. The number of urea groups is 1. The second-order valence-electron chi connectivity index (χ2n) is 4.69. The third-order valence-electron chi connectivity index (χ3n) is 3.33. The minimum absolute atomic E-state index is 0.105. The average Bonchev–Trinajstić information content (AvgIpc) is 2.37. The molecule has 1 aliphatic rings. The van der Waals surface area contributed by atoms with Crippen molar-refractivity contribution in [1.82, 2.24) is 10.2 Å². The van der Waals surface area contributed by atoms with Crippen molar-refractivity contribution in [3.05, 3.63) is 0 Å². The molecule has 0 aliphatic carbocycles. The van der Waals surface area contributed by atoms with Crippen molar-refractivity contribution in [3.63, 3.8) is 0 Å². The van der Waals surface area contributed by atoms with E-state index in [9.17, 15) is 14.4 Å². The molecule has 0 saturated carbocycles. The van der Waals surface area contributed by atoms with Crippen LogP contribution in [0.1, 0.15) is 39.0 Å². The van der Waals surface area contributed by atoms with E-state index in [1.165, 1.54) is 0 Å². The highest BCUT2D eigenvalue weighted by atomic mass is 16.4. The van der Waals surface area contributed by atoms with E-state index in [2.05, 4.69) is 5.32 Å². The number of aliphatic carboxylic acids is 2. The van der Waals surface area contributed by atoms with Gasteiger partial charge in [-0.25, -0.2) is 9.59 Å². The van der Waals surface area contributed by atoms with Gasteiger partial charge in [-0.1, -0.05) is 6.92 Å². The van der Waals surface area contributed by atoms with E-state index in [4.69, 9.17) is 10.2 Å². The van der Waals surface area contributed by atoms with Crippen molar-refractivity contribution in [2.45, 2.75) is 51.1 Å². The van der Waals surface area contributed by atoms with E-state index in [0.29, 0.717) is 6.54 Å². The predicted molar refractivity (Wildman–Crippen MR) is 66.8 cm³/mol. The van der Waals surface area contributed by atoms with Crippen LogP contribution >= 0.6 is 0 Å². The fourth-order valence-corrected chi connectivity index (χ4v) is 2.30. The van der Waals surface area contributed by atoms with Crippen LogP contribution in [0.15, 0.2) is 0 Å². The first-order valence-corrected chi connectivity index (χ1v) is 6.47. The summed E-state index contributed by atoms with van der Waals surface area (Å²) < 4.78 is 0. The number of carbonyl (C=O) groups excluding carboxylic acids is 1. The summed E-state index contributed by atoms with van der Waals surface area (Å²) >= 11 is 0. The predicted octanol–water partition coefficient (Wildman–Crippen LogP) is 0.888. The van der Waals surface area contributed by atoms with Gasteiger partial charge in [0, 0.05) is 12.6 Å². The Morgan fingerprint density at radius 3 is 2.53 bits per heavy atom. The van der Waals surface area contributed by atoms with Crippen LogP contribution in [0.4, 0.5) is 4.79 Å². The van der Waals surface area contributed by atoms with E-state index in [1.54, 1.807) is 4.90 Å². The lowest BCUT2D eigenvalue weighted by Gasteiger charge is -2.35. The van der Waals surface area contributed by atoms with Crippen LogP contribution in [-0.2, 0) is 9.59 Å². The molecule has 2 atom stereocenters. The molecule has 7 nitrogen and oxygen atoms in total. The maximum atomic E-state index is 12.0. The molecule has 19 heavy (non-hydrogen) atoms. The smallest absolute Gasteiger partial charge is 0.326 e. The van der Waals surface area contributed by atoms with Crippen LogP contribution in [0.2, 0.25) is 0 Å². The van der Waals surface area contributed by atoms with Gasteiger partial charge in [0.15, 0.2) is 0 Å². The van der Waals surface area contributed by atoms with Gasteiger partial charge >= 0.3 is 18.0 Å². The molecule has 1 aliphatic heterocycles. The van der Waals surface area contributed by atoms with Gasteiger partial charge in [-0.05, 0) is 25.7 Å². The van der Waals surface area contributed by atoms with Gasteiger partial charge in [0.25, 0.3) is 0 Å². The number of nitrogens with zero attached hydrogens (tertiary/aromatic N) is 1. The van der Waals surface area contributed by atoms with E-state index in [1.807, 2.05) is 6.92 Å². The lowest BCUT2D eigenvalue weighted by atomic mass is 10.0. The zero-order valence-corrected chi connectivity index (χ0v) is 11.0. The molecule has 0 spiro atoms. The number of carboxylic acid groups (broad SMARTS) is 2. The molecule has 1 saturated heterocycles. The first-order valence-electron chi connectivity index (χ1n) is 6.47. The van der Waals surface area contributed by atoms with Gasteiger partial charge in [0.1, 0.15) is 6.04 Å². The minimum Gasteiger partial charge on any atom is -0.481 e. The summed E-state index contributed by atoms with van der Waals surface area (Å²) in [4.78, 5) is 35.1. The van der Waals surface area contributed by atoms with Gasteiger partial charge < -0.3 is 20.4 Å². The van der Waals surface area contributed by atoms with Crippen LogP contribution in [0.25, 0.3) is 0 Å². The summed E-state index contributed by atoms with van der Waals surface area (Å²) in [6, 6.07) is -1.77. The molecule has 0 aromatic carbocycles. The largest absolute Gasteiger partial charge is 0.481 e. The molecule has 0 bridgehead atoms. The molecule has 1 heterocycles. The molecule has 1 rings (SSSR count). The quantitative estimate of drug-likeness (QED) is 0.689. The maximum Gasteiger partial charge on any atom is 0.326 e. The molecule has 0 radical (unpaired) electrons. The summed E-state index contributed by atoms with van der Waals surface area (Å²) in [6.45, 7) is 2.56. The summed E-state index contributed by atoms with van der Waals surface area (Å²) in [7, 11) is 0. The number of hydrogen-bond acceptors (Lipinski definition) is 3. The first kappa shape index (κ1) is 15.3. The van der Waals surface area contributed by atoms with Crippen LogP contribution in [0.5, 0.6) is 0 Å². The zero-order valence-electron chi connectivity index (χ0n) is 11.0. The monoisotopic (exact) mass is 272 g/mol. The van der Waals surface area contributed by atoms with Crippen molar-refractivity contribution in [1.29, 1.82) is 0 Å². The Hall–Kier alpha value is -1.79. The number of likely N-dealkylation sites (tertiary alicyclic amines) is 1. The summed E-state index contributed by atoms with van der Waals surface area (Å²) in [6.07, 6.45) is 3.04. The lowest BCUT2D eigenvalue weighted by molar-refractivity contribution is -0.145. The fourth-order valence-electron chi connectivity index (χ4n) is 2.30. The Morgan fingerprint density at radius 2 is 2.00 bits per heavy atom. The normalized spacial score (nSPS) is 20.7. The lowest BCUT2D eigenvalue weighted by Crippen LogP contribution is -2.53. The van der Waals surface area contributed by atoms with Gasteiger partial charge in [-0.15, -0.1) is 0 Å². The molecular formula is C12H20N2O5. The van der Waals surface area contributed by atoms with Gasteiger partial charge in [-0.3, -0.25) is 4.79 Å². The second kappa shape index (κ2) is 6.96. The minimum atomic E-state index is -1.38. The fraction of sp³-hybridized carbons (Fsp3) is 0.750. The Bertz CT molecular complexity index is 358. The molecule has 108 valence electrons. The Morgan fingerprint density at radius 1 is 1.32 bits per heavy atom. The number of nitrogens with one attached hydrogen (secondary N) is 1. The van der Waals surface area contributed by atoms with Crippen molar-refractivity contribution < 1.29 is 24.6 Å². The highest BCUT2D eigenvalue weighted by molar-refractivity contribution is 5.86. The maximum absolute atomic E-state index is 12.0. The number of rotatable bonds is 5. The number of carboxylic acids is 2. The second-order valence-corrected chi connectivity index (χ2v) is 4.69. The average molecular weight is 272 g/mol. The Balaban J connectivity index is 2.64. The number of piperidine rings is 1. The molecule has 1 unspecified atom stereocenters. The Kier molecular flexibility index (Phi) is 5.59. The SMILES string of the molecule is CCC1CCCCN1C(=O)N[C@H](CC(=O)O)C(=O)O. The summed E-state index contributed by atoms with van der Waals surface area (Å²) in [5, 5.41) is 19.8. The van der Waals surface area contributed by atoms with E-state index in [-0.39, 0.29) is 6.04 Å². The van der Waals surface area contributed by atoms with Crippen LogP contribution in [0, 0.1) is 0 Å². The standard InChI is InChI=1S/C12H20N2O5/c1-2-8-5-3-4-6-14(8)12(19)13-9(11(17)18)7-10(15)16/h8-9H,2-7H2,1H3,(H,13,19)(H,15,16)(H,17,18)/t8?,9-/m1/s1. The molecule has 2 amide bonds. The third-order valence-corrected chi connectivity index (χ3v) is 3.33. The van der Waals surface area contributed by atoms with Gasteiger partial charge in [0.05, 0.1) is 6.42 Å². The van der Waals surface area contributed by atoms with E-state index >= 15 is 0 Å². The summed E-state index contributed by atoms with van der Waals surface area (Å²) in [5.74, 6) is -2.58. The number of carbonyl (C=O) groups is 3. The van der Waals surface area contributed by atoms with Gasteiger partial charge in [-0.2, -0.15) is 0 Å². The number of hydrogen-bond donors (Lipinski definition) is 3. The molecular weight excluding hydrogens is 252 g/mol. The third kappa shape index (κ3) is 4.42. The van der Waals surface area contributed by atoms with Crippen LogP contribution in [-0.4, -0.2) is 51.7 Å². The number of amides is 2. The first-order chi connectivity index (χ1) is 8.95. The van der Waals surface area contributed by atoms with E-state index in [0.717, 1.165) is 25.7 Å². The van der Waals surface area contributed by atoms with Crippen molar-refractivity contribution in [2.75, 3.05) is 6.54 Å². The highest BCUT2D eigenvalue weighted by Crippen LogP contribution is 2.19. The summed E-state index contributed by atoms with van der Waals surface area (Å²) in [5.41, 5.74) is 0. The molecule has 1 fully saturated rings. The molecule has 7 heteroatoms. The Labute approximate surface area is 111 Å². The van der Waals surface area contributed by atoms with Crippen molar-refractivity contribution >= 4 is 18.0 Å². The zero-order chi connectivity index (χ0) is 14.4. The van der Waals surface area contributed by atoms with Crippen LogP contribution < -0.4 is 5.32 Å². The van der Waals surface area contributed by atoms with Crippen LogP contribution in [0.3, 0.4) is 0 Å². The van der Waals surface area contributed by atoms with Gasteiger partial charge in [0.2, 0.25) is 0 Å². The topological polar surface area (TPSA) is 107 Å². The molecule has 0 aromatic heterocycles. The van der Waals surface area contributed by atoms with Crippen molar-refractivity contribution in [3.8, 4) is 0 Å². The molecule has 0 aromatic rings.